The van der Waals surface area contributed by atoms with Crippen molar-refractivity contribution in [2.75, 3.05) is 5.32 Å². The van der Waals surface area contributed by atoms with Gasteiger partial charge in [0.25, 0.3) is 0 Å². The number of hydrogen-bond donors (Lipinski definition) is 1. The number of hydrogen-bond acceptors (Lipinski definition) is 3. The molecule has 5 heteroatoms. The fraction of sp³-hybridized carbons (Fsp3) is 0.105. The van der Waals surface area contributed by atoms with Crippen molar-refractivity contribution in [3.63, 3.8) is 0 Å². The molecule has 0 aliphatic carbocycles. The topological polar surface area (TPSA) is 70.7 Å². The lowest BCUT2D eigenvalue weighted by Gasteiger charge is -2.23. The van der Waals surface area contributed by atoms with Crippen LogP contribution in [0.1, 0.15) is 29.2 Å². The molecule has 2 aromatic carbocycles. The van der Waals surface area contributed by atoms with Crippen LogP contribution < -0.4 is 5.32 Å². The lowest BCUT2D eigenvalue weighted by Crippen LogP contribution is -2.24. The van der Waals surface area contributed by atoms with Crippen molar-refractivity contribution in [2.24, 2.45) is 0 Å². The molecule has 1 aliphatic heterocycles. The number of benzene rings is 2. The number of amides is 1. The predicted octanol–water partition coefficient (Wildman–Crippen LogP) is 3.22. The van der Waals surface area contributed by atoms with Gasteiger partial charge in [-0.2, -0.15) is 5.26 Å². The average molecular weight is 314 g/mol. The molecule has 1 amide bonds. The largest absolute Gasteiger partial charge is 0.310 e. The van der Waals surface area contributed by atoms with Crippen molar-refractivity contribution >= 4 is 11.7 Å². The summed E-state index contributed by atoms with van der Waals surface area (Å²) in [5.41, 5.74) is 3.40. The molecule has 0 fully saturated rings. The van der Waals surface area contributed by atoms with Crippen molar-refractivity contribution < 1.29 is 4.79 Å². The molecule has 3 aromatic rings. The van der Waals surface area contributed by atoms with Crippen LogP contribution in [0.15, 0.2) is 60.9 Å². The molecule has 24 heavy (non-hydrogen) atoms. The predicted molar refractivity (Wildman–Crippen MR) is 89.8 cm³/mol. The molecule has 0 bridgehead atoms. The number of carbonyl (C=O) groups is 1. The molecule has 0 saturated heterocycles. The number of rotatable bonds is 2. The van der Waals surface area contributed by atoms with E-state index in [1.165, 1.54) is 0 Å². The molecule has 2 heterocycles. The van der Waals surface area contributed by atoms with Crippen LogP contribution in [0.4, 0.5) is 5.82 Å². The summed E-state index contributed by atoms with van der Waals surface area (Å²) in [7, 11) is 0. The normalized spacial score (nSPS) is 16.1. The van der Waals surface area contributed by atoms with Gasteiger partial charge >= 0.3 is 0 Å². The number of para-hydroxylation sites is 1. The summed E-state index contributed by atoms with van der Waals surface area (Å²) in [6, 6.07) is 19.2. The first-order valence-electron chi connectivity index (χ1n) is 7.69. The van der Waals surface area contributed by atoms with E-state index in [1.807, 2.05) is 47.0 Å². The molecule has 5 nitrogen and oxygen atoms in total. The van der Waals surface area contributed by atoms with Gasteiger partial charge in [-0.1, -0.05) is 30.3 Å². The summed E-state index contributed by atoms with van der Waals surface area (Å²) in [5.74, 6) is 0.577. The molecule has 1 N–H and O–H groups in total. The summed E-state index contributed by atoms with van der Waals surface area (Å²) >= 11 is 0. The third kappa shape index (κ3) is 2.34. The number of anilines is 1. The second-order valence-electron chi connectivity index (χ2n) is 5.72. The Balaban J connectivity index is 1.79. The quantitative estimate of drug-likeness (QED) is 0.789. The van der Waals surface area contributed by atoms with Crippen LogP contribution in [-0.4, -0.2) is 15.5 Å². The molecular formula is C19H14N4O. The van der Waals surface area contributed by atoms with Crippen molar-refractivity contribution in [1.82, 2.24) is 9.55 Å². The first-order valence-corrected chi connectivity index (χ1v) is 7.69. The van der Waals surface area contributed by atoms with Gasteiger partial charge in [0.15, 0.2) is 0 Å². The highest BCUT2D eigenvalue weighted by Gasteiger charge is 2.30. The smallest absolute Gasteiger partial charge is 0.226 e. The second-order valence-corrected chi connectivity index (χ2v) is 5.72. The molecule has 1 aliphatic rings. The zero-order valence-electron chi connectivity index (χ0n) is 12.8. The van der Waals surface area contributed by atoms with Gasteiger partial charge in [-0.05, 0) is 29.8 Å². The zero-order valence-corrected chi connectivity index (χ0v) is 12.8. The van der Waals surface area contributed by atoms with E-state index in [0.29, 0.717) is 17.8 Å². The van der Waals surface area contributed by atoms with E-state index < -0.39 is 0 Å². The van der Waals surface area contributed by atoms with Gasteiger partial charge in [0.2, 0.25) is 5.91 Å². The van der Waals surface area contributed by atoms with Crippen molar-refractivity contribution in [1.29, 1.82) is 5.26 Å². The first kappa shape index (κ1) is 14.2. The molecule has 1 atom stereocenters. The molecule has 0 radical (unpaired) electrons. The number of carbonyl (C=O) groups excluding carboxylic acids is 1. The van der Waals surface area contributed by atoms with E-state index in [1.54, 1.807) is 18.5 Å². The van der Waals surface area contributed by atoms with Gasteiger partial charge in [0.05, 0.1) is 17.3 Å². The number of nitrogens with one attached hydrogen (secondary N) is 1. The Hall–Kier alpha value is -3.39. The molecule has 0 spiro atoms. The van der Waals surface area contributed by atoms with Gasteiger partial charge in [0.1, 0.15) is 12.1 Å². The van der Waals surface area contributed by atoms with Crippen molar-refractivity contribution in [3.05, 3.63) is 77.7 Å². The summed E-state index contributed by atoms with van der Waals surface area (Å²) in [5, 5.41) is 11.9. The highest BCUT2D eigenvalue weighted by atomic mass is 16.1. The summed E-state index contributed by atoms with van der Waals surface area (Å²) in [4.78, 5) is 16.8. The van der Waals surface area contributed by atoms with Crippen LogP contribution in [0.25, 0.3) is 5.69 Å². The van der Waals surface area contributed by atoms with E-state index in [-0.39, 0.29) is 11.8 Å². The number of aromatic nitrogens is 2. The van der Waals surface area contributed by atoms with E-state index in [4.69, 9.17) is 5.26 Å². The fourth-order valence-electron chi connectivity index (χ4n) is 3.06. The summed E-state index contributed by atoms with van der Waals surface area (Å²) < 4.78 is 1.89. The fourth-order valence-corrected chi connectivity index (χ4v) is 3.06. The van der Waals surface area contributed by atoms with Gasteiger partial charge in [-0.15, -0.1) is 0 Å². The maximum Gasteiger partial charge on any atom is 0.226 e. The number of nitrogens with zero attached hydrogens (tertiary/aromatic N) is 3. The van der Waals surface area contributed by atoms with Crippen molar-refractivity contribution in [3.8, 4) is 11.8 Å². The lowest BCUT2D eigenvalue weighted by molar-refractivity contribution is -0.116. The maximum absolute atomic E-state index is 12.2. The average Bonchev–Trinajstić information content (AvgIpc) is 3.05. The Kier molecular flexibility index (Phi) is 3.36. The molecule has 0 saturated carbocycles. The van der Waals surface area contributed by atoms with E-state index in [2.05, 4.69) is 16.4 Å². The maximum atomic E-state index is 12.2. The molecular weight excluding hydrogens is 300 g/mol. The number of imidazole rings is 1. The number of nitriles is 1. The minimum Gasteiger partial charge on any atom is -0.310 e. The van der Waals surface area contributed by atoms with Gasteiger partial charge in [-0.3, -0.25) is 9.36 Å². The highest BCUT2D eigenvalue weighted by Crippen LogP contribution is 2.37. The van der Waals surface area contributed by atoms with Crippen LogP contribution in [0.2, 0.25) is 0 Å². The molecule has 4 rings (SSSR count). The van der Waals surface area contributed by atoms with Crippen LogP contribution in [0, 0.1) is 11.3 Å². The Morgan fingerprint density at radius 3 is 2.58 bits per heavy atom. The molecule has 1 unspecified atom stereocenters. The molecule has 1 aromatic heterocycles. The summed E-state index contributed by atoms with van der Waals surface area (Å²) in [6.45, 7) is 0. The minimum absolute atomic E-state index is 0.0328. The van der Waals surface area contributed by atoms with Crippen LogP contribution in [-0.2, 0) is 4.79 Å². The van der Waals surface area contributed by atoms with E-state index in [9.17, 15) is 4.79 Å². The minimum atomic E-state index is -0.105. The number of fused-ring (bicyclic) bond motifs is 1. The second kappa shape index (κ2) is 5.67. The van der Waals surface area contributed by atoms with Crippen LogP contribution >= 0.6 is 0 Å². The van der Waals surface area contributed by atoms with E-state index >= 15 is 0 Å². The van der Waals surface area contributed by atoms with E-state index in [0.717, 1.165) is 16.9 Å². The van der Waals surface area contributed by atoms with Crippen LogP contribution in [0.5, 0.6) is 0 Å². The molecule has 116 valence electrons. The zero-order chi connectivity index (χ0) is 16.5. The summed E-state index contributed by atoms with van der Waals surface area (Å²) in [6.07, 6.45) is 2.09. The standard InChI is InChI=1S/C19H14N4O/c20-11-13-6-8-14(9-7-13)16-10-17(24)22-19-18(16)21-12-23(19)15-4-2-1-3-5-15/h1-9,12,16H,10H2,(H,22,24). The van der Waals surface area contributed by atoms with Gasteiger partial charge < -0.3 is 5.32 Å². The van der Waals surface area contributed by atoms with Crippen LogP contribution in [0.3, 0.4) is 0 Å². The third-order valence-electron chi connectivity index (χ3n) is 4.25. The Morgan fingerprint density at radius 1 is 1.12 bits per heavy atom. The van der Waals surface area contributed by atoms with Crippen molar-refractivity contribution in [2.45, 2.75) is 12.3 Å². The van der Waals surface area contributed by atoms with Gasteiger partial charge in [-0.25, -0.2) is 4.98 Å². The Morgan fingerprint density at radius 2 is 1.88 bits per heavy atom. The third-order valence-corrected chi connectivity index (χ3v) is 4.25. The lowest BCUT2D eigenvalue weighted by atomic mass is 9.89. The Bertz CT molecular complexity index is 936. The van der Waals surface area contributed by atoms with Gasteiger partial charge in [0, 0.05) is 18.0 Å². The SMILES string of the molecule is N#Cc1ccc(C2CC(=O)Nc3c2ncn3-c2ccccc2)cc1. The Labute approximate surface area is 139 Å². The monoisotopic (exact) mass is 314 g/mol. The first-order chi connectivity index (χ1) is 11.8. The highest BCUT2D eigenvalue weighted by molar-refractivity contribution is 5.94.